The van der Waals surface area contributed by atoms with Gasteiger partial charge < -0.3 is 4.90 Å². The molecule has 1 aliphatic rings. The standard InChI is InChI=1S/C18H25N5O/c1-2-3-5-10-16-20-17(18(24)22-12-6-4-7-13-22)23(21-16)15-9-8-11-19-14-15/h8-9,11,14H,2-7,10,12-13H2,1H3. The molecule has 0 radical (unpaired) electrons. The lowest BCUT2D eigenvalue weighted by Crippen LogP contribution is -2.37. The minimum absolute atomic E-state index is 0.0206. The van der Waals surface area contributed by atoms with Gasteiger partial charge >= 0.3 is 0 Å². The first-order valence-corrected chi connectivity index (χ1v) is 8.95. The Morgan fingerprint density at radius 1 is 1.21 bits per heavy atom. The number of pyridine rings is 1. The zero-order chi connectivity index (χ0) is 16.8. The van der Waals surface area contributed by atoms with E-state index in [0.717, 1.165) is 63.1 Å². The highest BCUT2D eigenvalue weighted by molar-refractivity contribution is 5.91. The summed E-state index contributed by atoms with van der Waals surface area (Å²) in [5, 5.41) is 4.59. The molecule has 0 atom stereocenters. The highest BCUT2D eigenvalue weighted by Gasteiger charge is 2.25. The van der Waals surface area contributed by atoms with Crippen LogP contribution in [0.5, 0.6) is 0 Å². The minimum atomic E-state index is -0.0206. The maximum absolute atomic E-state index is 12.9. The van der Waals surface area contributed by atoms with Crippen LogP contribution in [-0.2, 0) is 6.42 Å². The molecule has 6 nitrogen and oxygen atoms in total. The molecule has 3 heterocycles. The van der Waals surface area contributed by atoms with Crippen molar-refractivity contribution in [3.8, 4) is 5.69 Å². The van der Waals surface area contributed by atoms with E-state index in [2.05, 4.69) is 22.0 Å². The Balaban J connectivity index is 1.88. The van der Waals surface area contributed by atoms with Crippen LogP contribution in [0.2, 0.25) is 0 Å². The number of hydrogen-bond donors (Lipinski definition) is 0. The van der Waals surface area contributed by atoms with Gasteiger partial charge in [0.2, 0.25) is 5.82 Å². The lowest BCUT2D eigenvalue weighted by atomic mass is 10.1. The lowest BCUT2D eigenvalue weighted by Gasteiger charge is -2.26. The number of rotatable bonds is 6. The predicted octanol–water partition coefficient (Wildman–Crippen LogP) is 3.02. The lowest BCUT2D eigenvalue weighted by molar-refractivity contribution is 0.0709. The van der Waals surface area contributed by atoms with Crippen LogP contribution < -0.4 is 0 Å². The second-order valence-electron chi connectivity index (χ2n) is 6.28. The SMILES string of the molecule is CCCCCc1nc(C(=O)N2CCCCC2)n(-c2cccnc2)n1. The maximum atomic E-state index is 12.9. The highest BCUT2D eigenvalue weighted by atomic mass is 16.2. The van der Waals surface area contributed by atoms with Gasteiger partial charge in [-0.1, -0.05) is 19.8 Å². The van der Waals surface area contributed by atoms with E-state index in [-0.39, 0.29) is 5.91 Å². The van der Waals surface area contributed by atoms with E-state index >= 15 is 0 Å². The van der Waals surface area contributed by atoms with Crippen LogP contribution in [0.3, 0.4) is 0 Å². The van der Waals surface area contributed by atoms with Crippen molar-refractivity contribution in [1.29, 1.82) is 0 Å². The Morgan fingerprint density at radius 2 is 2.04 bits per heavy atom. The van der Waals surface area contributed by atoms with Crippen LogP contribution in [0.1, 0.15) is 61.9 Å². The fraction of sp³-hybridized carbons (Fsp3) is 0.556. The number of hydrogen-bond acceptors (Lipinski definition) is 4. The number of aryl methyl sites for hydroxylation is 1. The number of piperidine rings is 1. The number of likely N-dealkylation sites (tertiary alicyclic amines) is 1. The van der Waals surface area contributed by atoms with Crippen LogP contribution in [0.25, 0.3) is 5.69 Å². The summed E-state index contributed by atoms with van der Waals surface area (Å²) < 4.78 is 1.66. The number of unbranched alkanes of at least 4 members (excludes halogenated alkanes) is 2. The Bertz CT molecular complexity index is 661. The summed E-state index contributed by atoms with van der Waals surface area (Å²) in [7, 11) is 0. The van der Waals surface area contributed by atoms with E-state index in [9.17, 15) is 4.79 Å². The molecule has 128 valence electrons. The molecule has 0 spiro atoms. The molecule has 6 heteroatoms. The van der Waals surface area contributed by atoms with Gasteiger partial charge in [0.1, 0.15) is 0 Å². The first-order valence-electron chi connectivity index (χ1n) is 8.95. The normalized spacial score (nSPS) is 14.8. The smallest absolute Gasteiger partial charge is 0.291 e. The molecule has 1 aliphatic heterocycles. The van der Waals surface area contributed by atoms with Crippen LogP contribution in [0.4, 0.5) is 0 Å². The molecule has 0 bridgehead atoms. The molecule has 0 aliphatic carbocycles. The summed E-state index contributed by atoms with van der Waals surface area (Å²) in [5.41, 5.74) is 0.784. The average molecular weight is 327 g/mol. The molecule has 2 aromatic heterocycles. The Hall–Kier alpha value is -2.24. The predicted molar refractivity (Wildman–Crippen MR) is 92.1 cm³/mol. The van der Waals surface area contributed by atoms with Gasteiger partial charge in [-0.25, -0.2) is 9.67 Å². The van der Waals surface area contributed by atoms with Gasteiger partial charge in [-0.05, 0) is 37.8 Å². The summed E-state index contributed by atoms with van der Waals surface area (Å²) in [4.78, 5) is 23.5. The fourth-order valence-electron chi connectivity index (χ4n) is 3.03. The summed E-state index contributed by atoms with van der Waals surface area (Å²) in [6.07, 6.45) is 10.9. The number of carbonyl (C=O) groups excluding carboxylic acids is 1. The molecular formula is C18H25N5O. The van der Waals surface area contributed by atoms with Crippen LogP contribution >= 0.6 is 0 Å². The molecule has 1 fully saturated rings. The van der Waals surface area contributed by atoms with Gasteiger partial charge in [0.05, 0.1) is 11.9 Å². The zero-order valence-electron chi connectivity index (χ0n) is 14.3. The first-order chi connectivity index (χ1) is 11.8. The van der Waals surface area contributed by atoms with E-state index < -0.39 is 0 Å². The molecule has 1 amide bonds. The van der Waals surface area contributed by atoms with E-state index in [1.54, 1.807) is 17.1 Å². The van der Waals surface area contributed by atoms with Crippen LogP contribution in [0.15, 0.2) is 24.5 Å². The van der Waals surface area contributed by atoms with E-state index in [1.807, 2.05) is 17.0 Å². The summed E-state index contributed by atoms with van der Waals surface area (Å²) in [6, 6.07) is 3.76. The Labute approximate surface area is 142 Å². The van der Waals surface area contributed by atoms with E-state index in [4.69, 9.17) is 0 Å². The molecule has 0 N–H and O–H groups in total. The quantitative estimate of drug-likeness (QED) is 0.765. The van der Waals surface area contributed by atoms with E-state index in [0.29, 0.717) is 5.82 Å². The number of aromatic nitrogens is 4. The van der Waals surface area contributed by atoms with Gasteiger partial charge in [-0.15, -0.1) is 0 Å². The van der Waals surface area contributed by atoms with E-state index in [1.165, 1.54) is 6.42 Å². The Kier molecular flexibility index (Phi) is 5.56. The van der Waals surface area contributed by atoms with Crippen molar-refractivity contribution in [3.05, 3.63) is 36.2 Å². The molecule has 0 saturated carbocycles. The average Bonchev–Trinajstić information content (AvgIpc) is 3.07. The van der Waals surface area contributed by atoms with Crippen molar-refractivity contribution in [1.82, 2.24) is 24.6 Å². The third-order valence-electron chi connectivity index (χ3n) is 4.38. The summed E-state index contributed by atoms with van der Waals surface area (Å²) in [5.74, 6) is 1.14. The van der Waals surface area contributed by atoms with Crippen LogP contribution in [0, 0.1) is 0 Å². The number of amides is 1. The zero-order valence-corrected chi connectivity index (χ0v) is 14.3. The molecule has 1 saturated heterocycles. The minimum Gasteiger partial charge on any atom is -0.336 e. The van der Waals surface area contributed by atoms with Gasteiger partial charge in [-0.3, -0.25) is 9.78 Å². The summed E-state index contributed by atoms with van der Waals surface area (Å²) in [6.45, 7) is 3.79. The molecule has 24 heavy (non-hydrogen) atoms. The van der Waals surface area contributed by atoms with Crippen molar-refractivity contribution in [3.63, 3.8) is 0 Å². The van der Waals surface area contributed by atoms with Crippen molar-refractivity contribution in [2.45, 2.75) is 51.9 Å². The van der Waals surface area contributed by atoms with Gasteiger partial charge in [0, 0.05) is 25.7 Å². The monoisotopic (exact) mass is 327 g/mol. The molecule has 0 aromatic carbocycles. The third kappa shape index (κ3) is 3.80. The number of nitrogens with zero attached hydrogens (tertiary/aromatic N) is 5. The van der Waals surface area contributed by atoms with Crippen molar-refractivity contribution in [2.75, 3.05) is 13.1 Å². The largest absolute Gasteiger partial charge is 0.336 e. The van der Waals surface area contributed by atoms with Crippen molar-refractivity contribution in [2.24, 2.45) is 0 Å². The van der Waals surface area contributed by atoms with Crippen molar-refractivity contribution < 1.29 is 4.79 Å². The van der Waals surface area contributed by atoms with Gasteiger partial charge in [0.15, 0.2) is 5.82 Å². The maximum Gasteiger partial charge on any atom is 0.291 e. The third-order valence-corrected chi connectivity index (χ3v) is 4.38. The second kappa shape index (κ2) is 8.04. The van der Waals surface area contributed by atoms with Crippen molar-refractivity contribution >= 4 is 5.91 Å². The molecule has 0 unspecified atom stereocenters. The number of carbonyl (C=O) groups is 1. The second-order valence-corrected chi connectivity index (χ2v) is 6.28. The van der Waals surface area contributed by atoms with Crippen LogP contribution in [-0.4, -0.2) is 43.6 Å². The molecular weight excluding hydrogens is 302 g/mol. The Morgan fingerprint density at radius 3 is 2.75 bits per heavy atom. The van der Waals surface area contributed by atoms with Gasteiger partial charge in [0.25, 0.3) is 5.91 Å². The fourth-order valence-corrected chi connectivity index (χ4v) is 3.03. The first kappa shape index (κ1) is 16.6. The summed E-state index contributed by atoms with van der Waals surface area (Å²) >= 11 is 0. The highest BCUT2D eigenvalue weighted by Crippen LogP contribution is 2.16. The molecule has 3 rings (SSSR count). The van der Waals surface area contributed by atoms with Gasteiger partial charge in [-0.2, -0.15) is 5.10 Å². The molecule has 2 aromatic rings. The topological polar surface area (TPSA) is 63.9 Å².